The number of rotatable bonds is 11. The van der Waals surface area contributed by atoms with Crippen LogP contribution >= 0.6 is 0 Å². The Bertz CT molecular complexity index is 1830. The fraction of sp³-hybridized carbons (Fsp3) is 0.324. The first-order valence-electron chi connectivity index (χ1n) is 15.4. The number of aryl methyl sites for hydroxylation is 4. The number of aromatic nitrogens is 1. The predicted octanol–water partition coefficient (Wildman–Crippen LogP) is 7.30. The molecule has 0 bridgehead atoms. The Kier molecular flexibility index (Phi) is 8.34. The number of carbonyl (C=O) groups is 2. The van der Waals surface area contributed by atoms with Gasteiger partial charge in [0.15, 0.2) is 5.60 Å². The summed E-state index contributed by atoms with van der Waals surface area (Å²) in [5.41, 5.74) is 6.25. The Morgan fingerprint density at radius 1 is 0.978 bits per heavy atom. The second kappa shape index (κ2) is 12.4. The second-order valence-corrected chi connectivity index (χ2v) is 11.9. The van der Waals surface area contributed by atoms with Crippen molar-refractivity contribution in [1.82, 2.24) is 10.5 Å². The smallest absolute Gasteiger partial charge is 0.338 e. The zero-order valence-electron chi connectivity index (χ0n) is 26.3. The van der Waals surface area contributed by atoms with Gasteiger partial charge in [0.05, 0.1) is 30.3 Å². The van der Waals surface area contributed by atoms with Crippen LogP contribution in [0.3, 0.4) is 0 Å². The van der Waals surface area contributed by atoms with Gasteiger partial charge in [-0.2, -0.15) is 0 Å². The molecule has 1 aliphatic carbocycles. The van der Waals surface area contributed by atoms with Crippen LogP contribution in [-0.4, -0.2) is 29.2 Å². The molecule has 2 heterocycles. The van der Waals surface area contributed by atoms with Crippen LogP contribution in [-0.2, 0) is 25.5 Å². The Morgan fingerprint density at radius 2 is 1.76 bits per heavy atom. The predicted molar refractivity (Wildman–Crippen MR) is 170 cm³/mol. The topological polar surface area (TPSA) is 104 Å². The van der Waals surface area contributed by atoms with Crippen molar-refractivity contribution >= 4 is 22.8 Å². The molecule has 1 saturated carbocycles. The van der Waals surface area contributed by atoms with Gasteiger partial charge in [-0.25, -0.2) is 4.79 Å². The lowest BCUT2D eigenvalue weighted by Crippen LogP contribution is -2.31. The maximum absolute atomic E-state index is 13.5. The first-order chi connectivity index (χ1) is 21.7. The van der Waals surface area contributed by atoms with Gasteiger partial charge in [0.2, 0.25) is 5.91 Å². The van der Waals surface area contributed by atoms with Crippen molar-refractivity contribution in [3.63, 3.8) is 0 Å². The largest absolute Gasteiger partial charge is 0.464 e. The third kappa shape index (κ3) is 6.28. The highest BCUT2D eigenvalue weighted by Crippen LogP contribution is 2.47. The van der Waals surface area contributed by atoms with E-state index in [-0.39, 0.29) is 30.9 Å². The lowest BCUT2D eigenvalue weighted by atomic mass is 9.93. The Hall–Kier alpha value is -4.69. The average molecular weight is 607 g/mol. The van der Waals surface area contributed by atoms with Crippen LogP contribution in [0.5, 0.6) is 0 Å². The molecule has 1 fully saturated rings. The van der Waals surface area contributed by atoms with Crippen molar-refractivity contribution in [3.8, 4) is 0 Å². The summed E-state index contributed by atoms with van der Waals surface area (Å²) in [6.45, 7) is 9.85. The molecule has 0 aliphatic heterocycles. The van der Waals surface area contributed by atoms with E-state index in [0.717, 1.165) is 33.2 Å². The second-order valence-electron chi connectivity index (χ2n) is 11.9. The van der Waals surface area contributed by atoms with E-state index in [1.54, 1.807) is 6.92 Å². The van der Waals surface area contributed by atoms with E-state index in [0.29, 0.717) is 35.6 Å². The Labute approximate surface area is 262 Å². The van der Waals surface area contributed by atoms with E-state index in [9.17, 15) is 9.59 Å². The van der Waals surface area contributed by atoms with E-state index in [1.165, 1.54) is 5.56 Å². The van der Waals surface area contributed by atoms with Crippen LogP contribution in [0.15, 0.2) is 81.7 Å². The number of esters is 1. The number of nitrogens with one attached hydrogen (secondary N) is 1. The Morgan fingerprint density at radius 3 is 2.42 bits per heavy atom. The quantitative estimate of drug-likeness (QED) is 0.157. The molecule has 0 radical (unpaired) electrons. The molecule has 232 valence electrons. The number of fused-ring (bicyclic) bond motifs is 1. The first kappa shape index (κ1) is 30.3. The molecule has 2 aromatic heterocycles. The fourth-order valence-corrected chi connectivity index (χ4v) is 5.98. The van der Waals surface area contributed by atoms with E-state index < -0.39 is 11.7 Å². The zero-order valence-corrected chi connectivity index (χ0v) is 26.3. The monoisotopic (exact) mass is 606 g/mol. The summed E-state index contributed by atoms with van der Waals surface area (Å²) in [5.74, 6) is 0.650. The summed E-state index contributed by atoms with van der Waals surface area (Å²) in [6, 6.07) is 23.7. The highest BCUT2D eigenvalue weighted by molar-refractivity contribution is 5.84. The highest BCUT2D eigenvalue weighted by atomic mass is 16.6. The van der Waals surface area contributed by atoms with Crippen LogP contribution in [0.1, 0.15) is 82.5 Å². The van der Waals surface area contributed by atoms with Crippen molar-refractivity contribution in [3.05, 3.63) is 123 Å². The van der Waals surface area contributed by atoms with Gasteiger partial charge < -0.3 is 23.7 Å². The number of ether oxygens (including phenoxy) is 2. The summed E-state index contributed by atoms with van der Waals surface area (Å²) in [5, 5.41) is 8.21. The van der Waals surface area contributed by atoms with Crippen molar-refractivity contribution < 1.29 is 28.0 Å². The molecule has 8 nitrogen and oxygen atoms in total. The van der Waals surface area contributed by atoms with Gasteiger partial charge in [0.25, 0.3) is 0 Å². The third-order valence-electron chi connectivity index (χ3n) is 8.44. The molecule has 3 aromatic carbocycles. The summed E-state index contributed by atoms with van der Waals surface area (Å²) >= 11 is 0. The van der Waals surface area contributed by atoms with E-state index >= 15 is 0 Å². The van der Waals surface area contributed by atoms with Crippen LogP contribution in [0, 0.1) is 27.7 Å². The average Bonchev–Trinajstić information content (AvgIpc) is 3.57. The van der Waals surface area contributed by atoms with E-state index in [4.69, 9.17) is 18.4 Å². The standard InChI is InChI=1S/C37H38N2O6/c1-6-42-36(41)37(16-17-37)44-35(33-24(4)39-45-25(33)5)31-21-28-19-26(13-15-30(28)43-31)20-32(40)38-34(27-10-8-7-9-11-27)29-14-12-22(2)18-23(29)3/h7-15,18-19,21,34-35H,6,16-17,20H2,1-5H3,(H,38,40). The number of hydrogen-bond donors (Lipinski definition) is 1. The molecule has 1 aliphatic rings. The minimum absolute atomic E-state index is 0.0889. The van der Waals surface area contributed by atoms with Crippen LogP contribution in [0.25, 0.3) is 11.0 Å². The number of carbonyl (C=O) groups excluding carboxylic acids is 2. The van der Waals surface area contributed by atoms with Gasteiger partial charge in [-0.15, -0.1) is 0 Å². The van der Waals surface area contributed by atoms with Gasteiger partial charge in [-0.3, -0.25) is 4.79 Å². The zero-order chi connectivity index (χ0) is 31.7. The molecule has 1 N–H and O–H groups in total. The fourth-order valence-electron chi connectivity index (χ4n) is 5.98. The number of amides is 1. The first-order valence-corrected chi connectivity index (χ1v) is 15.4. The van der Waals surface area contributed by atoms with Gasteiger partial charge in [-0.05, 0) is 87.9 Å². The number of furan rings is 1. The van der Waals surface area contributed by atoms with Crippen LogP contribution in [0.2, 0.25) is 0 Å². The normalized spacial score (nSPS) is 15.0. The van der Waals surface area contributed by atoms with E-state index in [1.807, 2.05) is 68.4 Å². The maximum Gasteiger partial charge on any atom is 0.338 e. The van der Waals surface area contributed by atoms with E-state index in [2.05, 4.69) is 42.5 Å². The highest BCUT2D eigenvalue weighted by Gasteiger charge is 2.55. The van der Waals surface area contributed by atoms with Crippen LogP contribution < -0.4 is 5.32 Å². The minimum Gasteiger partial charge on any atom is -0.464 e. The summed E-state index contributed by atoms with van der Waals surface area (Å²) in [6.07, 6.45) is 0.612. The lowest BCUT2D eigenvalue weighted by molar-refractivity contribution is -0.164. The molecule has 45 heavy (non-hydrogen) atoms. The van der Waals surface area contributed by atoms with Crippen molar-refractivity contribution in [1.29, 1.82) is 0 Å². The molecule has 2 atom stereocenters. The molecule has 0 saturated heterocycles. The van der Waals surface area contributed by atoms with Crippen LogP contribution in [0.4, 0.5) is 0 Å². The lowest BCUT2D eigenvalue weighted by Gasteiger charge is -2.22. The summed E-state index contributed by atoms with van der Waals surface area (Å²) in [4.78, 5) is 26.3. The van der Waals surface area contributed by atoms with Crippen molar-refractivity contribution in [2.24, 2.45) is 0 Å². The van der Waals surface area contributed by atoms with Gasteiger partial charge in [0, 0.05) is 5.39 Å². The number of hydrogen-bond acceptors (Lipinski definition) is 7. The molecule has 5 aromatic rings. The van der Waals surface area contributed by atoms with Gasteiger partial charge >= 0.3 is 5.97 Å². The van der Waals surface area contributed by atoms with Gasteiger partial charge in [-0.1, -0.05) is 65.3 Å². The van der Waals surface area contributed by atoms with Gasteiger partial charge in [0.1, 0.15) is 23.2 Å². The molecular formula is C37H38N2O6. The molecular weight excluding hydrogens is 568 g/mol. The number of nitrogens with zero attached hydrogens (tertiary/aromatic N) is 1. The molecule has 1 amide bonds. The van der Waals surface area contributed by atoms with Crippen molar-refractivity contribution in [2.75, 3.05) is 6.61 Å². The third-order valence-corrected chi connectivity index (χ3v) is 8.44. The Balaban J connectivity index is 1.26. The maximum atomic E-state index is 13.5. The molecule has 2 unspecified atom stereocenters. The summed E-state index contributed by atoms with van der Waals surface area (Å²) in [7, 11) is 0. The minimum atomic E-state index is -1.02. The SMILES string of the molecule is CCOC(=O)C1(OC(c2cc3cc(CC(=O)NC(c4ccccc4)c4ccc(C)cc4C)ccc3o2)c2c(C)noc2C)CC1. The van der Waals surface area contributed by atoms with Crippen molar-refractivity contribution in [2.45, 2.75) is 71.6 Å². The molecule has 6 rings (SSSR count). The molecule has 0 spiro atoms. The number of benzene rings is 3. The summed E-state index contributed by atoms with van der Waals surface area (Å²) < 4.78 is 23.6. The molecule has 8 heteroatoms.